The molecule has 1 heterocycles. The smallest absolute Gasteiger partial charge is 0.363 e. The molecule has 198 valence electrons. The van der Waals surface area contributed by atoms with Gasteiger partial charge < -0.3 is 31.6 Å². The molecule has 1 aromatic heterocycles. The molecule has 0 saturated heterocycles. The van der Waals surface area contributed by atoms with E-state index in [0.717, 1.165) is 17.9 Å². The number of amides is 1. The lowest BCUT2D eigenvalue weighted by atomic mass is 10.1. The van der Waals surface area contributed by atoms with Crippen molar-refractivity contribution in [2.45, 2.75) is 25.4 Å². The quantitative estimate of drug-likeness (QED) is 0.123. The highest BCUT2D eigenvalue weighted by molar-refractivity contribution is 6.13. The zero-order chi connectivity index (χ0) is 28.1. The highest BCUT2D eigenvalue weighted by Crippen LogP contribution is 2.35. The molecule has 13 nitrogen and oxygen atoms in total. The van der Waals surface area contributed by atoms with Crippen LogP contribution in [-0.4, -0.2) is 61.6 Å². The van der Waals surface area contributed by atoms with Gasteiger partial charge in [0.1, 0.15) is 5.84 Å². The van der Waals surface area contributed by atoms with Crippen LogP contribution in [-0.2, 0) is 19.2 Å². The largest absolute Gasteiger partial charge is 0.492 e. The highest BCUT2D eigenvalue weighted by atomic mass is 16.7. The van der Waals surface area contributed by atoms with Gasteiger partial charge in [-0.15, -0.1) is 4.73 Å². The fraction of sp³-hybridized carbons (Fsp3) is 0.160. The number of aromatic hydroxyl groups is 2. The first-order valence-corrected chi connectivity index (χ1v) is 11.1. The molecule has 0 saturated carbocycles. The Kier molecular flexibility index (Phi) is 8.13. The van der Waals surface area contributed by atoms with Crippen LogP contribution < -0.4 is 21.2 Å². The minimum atomic E-state index is -1.94. The number of rotatable bonds is 10. The van der Waals surface area contributed by atoms with E-state index in [4.69, 9.17) is 26.8 Å². The fourth-order valence-electron chi connectivity index (χ4n) is 3.64. The van der Waals surface area contributed by atoms with Gasteiger partial charge in [0, 0.05) is 17.3 Å². The van der Waals surface area contributed by atoms with Crippen LogP contribution in [0.2, 0.25) is 0 Å². The number of ketones is 1. The first-order valence-electron chi connectivity index (χ1n) is 11.1. The average molecular weight is 524 g/mol. The van der Waals surface area contributed by atoms with Crippen LogP contribution in [0.1, 0.15) is 18.9 Å². The molecule has 0 radical (unpaired) electrons. The topological polar surface area (TPSA) is 222 Å². The van der Waals surface area contributed by atoms with E-state index in [1.165, 1.54) is 48.5 Å². The molecule has 2 aromatic carbocycles. The summed E-state index contributed by atoms with van der Waals surface area (Å²) in [5.74, 6) is -6.21. The molecular formula is C25H25N5O8. The summed E-state index contributed by atoms with van der Waals surface area (Å²) in [5.41, 5.74) is 12.1. The summed E-state index contributed by atoms with van der Waals surface area (Å²) in [7, 11) is 0. The van der Waals surface area contributed by atoms with Crippen molar-refractivity contribution in [3.63, 3.8) is 0 Å². The number of amidine groups is 1. The summed E-state index contributed by atoms with van der Waals surface area (Å²) in [6, 6.07) is 11.1. The Balaban J connectivity index is 1.99. The number of aromatic nitrogens is 1. The summed E-state index contributed by atoms with van der Waals surface area (Å²) in [6.45, 7) is 1.01. The van der Waals surface area contributed by atoms with Crippen molar-refractivity contribution in [1.82, 2.24) is 4.73 Å². The summed E-state index contributed by atoms with van der Waals surface area (Å²) in [5, 5.41) is 37.5. The van der Waals surface area contributed by atoms with Crippen LogP contribution in [0.15, 0.2) is 60.7 Å². The first-order chi connectivity index (χ1) is 17.9. The first kappa shape index (κ1) is 27.4. The summed E-state index contributed by atoms with van der Waals surface area (Å²) in [6.07, 6.45) is -0.771. The Morgan fingerprint density at radius 2 is 1.66 bits per heavy atom. The van der Waals surface area contributed by atoms with Crippen molar-refractivity contribution in [3.8, 4) is 22.9 Å². The third-order valence-electron chi connectivity index (χ3n) is 5.45. The number of carbonyl (C=O) groups is 4. The Morgan fingerprint density at radius 1 is 1.05 bits per heavy atom. The minimum absolute atomic E-state index is 0.0456. The van der Waals surface area contributed by atoms with Gasteiger partial charge in [-0.3, -0.25) is 24.7 Å². The van der Waals surface area contributed by atoms with Gasteiger partial charge in [0.2, 0.25) is 17.7 Å². The van der Waals surface area contributed by atoms with Gasteiger partial charge in [0.25, 0.3) is 0 Å². The Labute approximate surface area is 215 Å². The summed E-state index contributed by atoms with van der Waals surface area (Å²) in [4.78, 5) is 55.9. The van der Waals surface area contributed by atoms with Crippen LogP contribution in [0.3, 0.4) is 0 Å². The standard InChI is InChI=1S/C25H25N5O8/c1-13(31)21(29(16-5-3-2-4-6-16)24(36)18(26)12-20(33)34)25(37)38-30-19(32)11-17(23(30)35)14-7-9-15(10-8-14)22(27)28/h2-11,18,21,32,35H,12,26H2,1H3,(H3,27,28)(H,33,34)/t18-,21-/m0/s1. The third-order valence-corrected chi connectivity index (χ3v) is 5.45. The van der Waals surface area contributed by atoms with Gasteiger partial charge in [0.05, 0.1) is 18.0 Å². The van der Waals surface area contributed by atoms with Crippen LogP contribution in [0.5, 0.6) is 11.8 Å². The van der Waals surface area contributed by atoms with Crippen molar-refractivity contribution in [2.75, 3.05) is 4.90 Å². The zero-order valence-electron chi connectivity index (χ0n) is 20.1. The maximum atomic E-state index is 13.2. The number of Topliss-reactive ketones (excluding diaryl/α,β-unsaturated/α-hetero) is 1. The van der Waals surface area contributed by atoms with Crippen molar-refractivity contribution >= 4 is 35.2 Å². The van der Waals surface area contributed by atoms with Crippen LogP contribution in [0, 0.1) is 5.41 Å². The molecule has 0 fully saturated rings. The molecule has 0 aliphatic heterocycles. The second-order valence-corrected chi connectivity index (χ2v) is 8.20. The second-order valence-electron chi connectivity index (χ2n) is 8.20. The lowest BCUT2D eigenvalue weighted by Crippen LogP contribution is -2.56. The predicted molar refractivity (Wildman–Crippen MR) is 134 cm³/mol. The predicted octanol–water partition coefficient (Wildman–Crippen LogP) is 0.598. The molecule has 3 rings (SSSR count). The fourth-order valence-corrected chi connectivity index (χ4v) is 3.64. The zero-order valence-corrected chi connectivity index (χ0v) is 20.1. The van der Waals surface area contributed by atoms with E-state index in [1.807, 2.05) is 0 Å². The van der Waals surface area contributed by atoms with Gasteiger partial charge in [-0.05, 0) is 24.6 Å². The van der Waals surface area contributed by atoms with Crippen molar-refractivity contribution in [3.05, 3.63) is 66.2 Å². The van der Waals surface area contributed by atoms with Gasteiger partial charge in [-0.2, -0.15) is 0 Å². The molecule has 0 unspecified atom stereocenters. The molecule has 38 heavy (non-hydrogen) atoms. The summed E-state index contributed by atoms with van der Waals surface area (Å²) < 4.78 is 0.372. The van der Waals surface area contributed by atoms with Gasteiger partial charge >= 0.3 is 11.9 Å². The van der Waals surface area contributed by atoms with Crippen LogP contribution >= 0.6 is 0 Å². The van der Waals surface area contributed by atoms with E-state index < -0.39 is 53.9 Å². The second kappa shape index (κ2) is 11.3. The van der Waals surface area contributed by atoms with E-state index in [1.54, 1.807) is 6.07 Å². The Bertz CT molecular complexity index is 1380. The molecule has 2 atom stereocenters. The maximum Gasteiger partial charge on any atom is 0.363 e. The Morgan fingerprint density at radius 3 is 2.18 bits per heavy atom. The number of nitrogens with two attached hydrogens (primary N) is 2. The number of hydrogen-bond donors (Lipinski definition) is 6. The normalized spacial score (nSPS) is 12.3. The number of nitrogen functional groups attached to an aromatic ring is 1. The lowest BCUT2D eigenvalue weighted by Gasteiger charge is -2.30. The monoisotopic (exact) mass is 523 g/mol. The van der Waals surface area contributed by atoms with Crippen molar-refractivity contribution in [1.29, 1.82) is 5.41 Å². The number of benzene rings is 2. The van der Waals surface area contributed by atoms with E-state index >= 15 is 0 Å². The lowest BCUT2D eigenvalue weighted by molar-refractivity contribution is -0.150. The molecule has 0 bridgehead atoms. The molecule has 3 aromatic rings. The van der Waals surface area contributed by atoms with E-state index in [9.17, 15) is 29.4 Å². The Hall–Kier alpha value is -5.17. The molecule has 13 heteroatoms. The maximum absolute atomic E-state index is 13.2. The SMILES string of the molecule is CC(=O)[C@@H](C(=O)On1c(O)cc(-c2ccc(C(=N)N)cc2)c1O)N(C(=O)[C@@H](N)CC(=O)O)c1ccccc1. The number of carboxylic acid groups (broad SMARTS) is 1. The molecule has 8 N–H and O–H groups in total. The molecule has 0 aliphatic carbocycles. The number of nitrogens with zero attached hydrogens (tertiary/aromatic N) is 2. The number of nitrogens with one attached hydrogen (secondary N) is 1. The molecule has 0 aliphatic rings. The van der Waals surface area contributed by atoms with E-state index in [0.29, 0.717) is 15.9 Å². The number of aliphatic carboxylic acids is 1. The van der Waals surface area contributed by atoms with Gasteiger partial charge in [-0.25, -0.2) is 4.79 Å². The van der Waals surface area contributed by atoms with E-state index in [2.05, 4.69) is 0 Å². The molecule has 0 spiro atoms. The number of para-hydroxylation sites is 1. The highest BCUT2D eigenvalue weighted by Gasteiger charge is 2.39. The number of hydrogen-bond acceptors (Lipinski definition) is 9. The molecular weight excluding hydrogens is 498 g/mol. The molecule has 1 amide bonds. The number of carbonyl (C=O) groups excluding carboxylic acids is 3. The van der Waals surface area contributed by atoms with Gasteiger partial charge in [-0.1, -0.05) is 42.5 Å². The van der Waals surface area contributed by atoms with Gasteiger partial charge in [0.15, 0.2) is 11.8 Å². The minimum Gasteiger partial charge on any atom is -0.492 e. The third kappa shape index (κ3) is 5.79. The number of anilines is 1. The summed E-state index contributed by atoms with van der Waals surface area (Å²) >= 11 is 0. The average Bonchev–Trinajstić information content (AvgIpc) is 3.14. The van der Waals surface area contributed by atoms with Crippen molar-refractivity contribution < 1.29 is 39.3 Å². The van der Waals surface area contributed by atoms with Crippen LogP contribution in [0.4, 0.5) is 5.69 Å². The van der Waals surface area contributed by atoms with E-state index in [-0.39, 0.29) is 17.1 Å². The van der Waals surface area contributed by atoms with Crippen molar-refractivity contribution in [2.24, 2.45) is 11.5 Å². The van der Waals surface area contributed by atoms with Crippen LogP contribution in [0.25, 0.3) is 11.1 Å². The number of carboxylic acids is 1.